The van der Waals surface area contributed by atoms with E-state index in [1.54, 1.807) is 42.7 Å². The molecule has 5 atom stereocenters. The molecule has 210 valence electrons. The number of hydrogen-bond donors (Lipinski definition) is 4. The zero-order valence-electron chi connectivity index (χ0n) is 22.3. The normalized spacial score (nSPS) is 28.4. The summed E-state index contributed by atoms with van der Waals surface area (Å²) in [5.41, 5.74) is 0.466. The first-order chi connectivity index (χ1) is 18.5. The van der Waals surface area contributed by atoms with Crippen LogP contribution >= 0.6 is 11.3 Å². The monoisotopic (exact) mass is 573 g/mol. The Morgan fingerprint density at radius 1 is 1.23 bits per heavy atom. The van der Waals surface area contributed by atoms with Crippen LogP contribution in [0.2, 0.25) is 0 Å². The summed E-state index contributed by atoms with van der Waals surface area (Å²) < 4.78 is 34.2. The number of aromatic nitrogens is 1. The minimum Gasteiger partial charge on any atom is -0.467 e. The fourth-order valence-corrected chi connectivity index (χ4v) is 8.74. The highest BCUT2D eigenvalue weighted by Crippen LogP contribution is 2.62. The van der Waals surface area contributed by atoms with Crippen molar-refractivity contribution in [3.05, 3.63) is 64.6 Å². The van der Waals surface area contributed by atoms with Crippen LogP contribution in [0.5, 0.6) is 0 Å². The van der Waals surface area contributed by atoms with Gasteiger partial charge in [0.1, 0.15) is 5.76 Å². The van der Waals surface area contributed by atoms with Gasteiger partial charge < -0.3 is 19.9 Å². The van der Waals surface area contributed by atoms with Gasteiger partial charge in [-0.05, 0) is 61.8 Å². The maximum absolute atomic E-state index is 13.2. The van der Waals surface area contributed by atoms with E-state index in [-0.39, 0.29) is 47.3 Å². The Balaban J connectivity index is 1.48. The summed E-state index contributed by atoms with van der Waals surface area (Å²) >= 11 is 1.26. The highest BCUT2D eigenvalue weighted by molar-refractivity contribution is 7.93. The molecule has 1 saturated carbocycles. The van der Waals surface area contributed by atoms with Crippen LogP contribution in [0.4, 0.5) is 5.13 Å². The molecular weight excluding hydrogens is 538 g/mol. The quantitative estimate of drug-likeness (QED) is 0.320. The van der Waals surface area contributed by atoms with Crippen LogP contribution in [0.15, 0.2) is 52.0 Å². The van der Waals surface area contributed by atoms with Gasteiger partial charge in [0, 0.05) is 22.6 Å². The number of nitrogens with one attached hydrogen (secondary N) is 2. The maximum atomic E-state index is 13.2. The molecule has 0 aliphatic heterocycles. The van der Waals surface area contributed by atoms with Gasteiger partial charge in [0.25, 0.3) is 10.0 Å². The van der Waals surface area contributed by atoms with E-state index in [1.807, 2.05) is 13.8 Å². The van der Waals surface area contributed by atoms with Crippen LogP contribution in [0.1, 0.15) is 60.9 Å². The number of thiazole rings is 1. The third-order valence-electron chi connectivity index (χ3n) is 8.88. The van der Waals surface area contributed by atoms with E-state index in [0.29, 0.717) is 30.7 Å². The summed E-state index contributed by atoms with van der Waals surface area (Å²) in [5.74, 6) is 0.0222. The Kier molecular flexibility index (Phi) is 7.38. The molecule has 2 aliphatic carbocycles. The van der Waals surface area contributed by atoms with E-state index in [4.69, 9.17) is 9.40 Å². The van der Waals surface area contributed by atoms with Crippen molar-refractivity contribution in [1.82, 2.24) is 10.3 Å². The third-order valence-corrected chi connectivity index (χ3v) is 11.4. The van der Waals surface area contributed by atoms with Crippen LogP contribution < -0.4 is 10.0 Å². The molecule has 0 radical (unpaired) electrons. The predicted molar refractivity (Wildman–Crippen MR) is 148 cm³/mol. The Bertz CT molecular complexity index is 1440. The first kappa shape index (κ1) is 27.8. The summed E-state index contributed by atoms with van der Waals surface area (Å²) in [6, 6.07) is 10.1. The number of amides is 1. The molecule has 0 saturated heterocycles. The van der Waals surface area contributed by atoms with Gasteiger partial charge >= 0.3 is 0 Å². The van der Waals surface area contributed by atoms with Crippen LogP contribution in [-0.4, -0.2) is 42.2 Å². The molecule has 0 bridgehead atoms. The van der Waals surface area contributed by atoms with Crippen molar-refractivity contribution in [1.29, 1.82) is 0 Å². The molecule has 5 rings (SSSR count). The zero-order valence-corrected chi connectivity index (χ0v) is 23.9. The van der Waals surface area contributed by atoms with Crippen molar-refractivity contribution >= 4 is 32.4 Å². The number of carbonyl (C=O) groups excluding carboxylic acids is 1. The Labute approximate surface area is 232 Å². The lowest BCUT2D eigenvalue weighted by molar-refractivity contribution is -0.144. The fourth-order valence-electron chi connectivity index (χ4n) is 6.44. The zero-order chi connectivity index (χ0) is 28.0. The van der Waals surface area contributed by atoms with E-state index in [0.717, 1.165) is 10.4 Å². The number of furan rings is 1. The minimum absolute atomic E-state index is 0.129. The van der Waals surface area contributed by atoms with Crippen LogP contribution in [-0.2, 0) is 27.8 Å². The van der Waals surface area contributed by atoms with Gasteiger partial charge in [0.05, 0.1) is 36.1 Å². The van der Waals surface area contributed by atoms with Crippen LogP contribution in [0.3, 0.4) is 0 Å². The number of carbonyl (C=O) groups is 1. The molecule has 0 unspecified atom stereocenters. The standard InChI is InChI=1S/C28H35N3O6S2/c1-17-6-8-19(9-7-17)39(35,36)31-26-30-25-20(13-24(34)29-15-18-5-4-12-37-18)27(2)11-10-23(33)28(3,16-32)22(27)14-21(25)38-26/h4-9,12,20,22-23,32-33H,10-11,13-16H2,1-3H3,(H,29,34)(H,30,31)/t20-,22+,23-,27+,28+/m1/s1. The molecule has 4 N–H and O–H groups in total. The number of anilines is 1. The van der Waals surface area contributed by atoms with Crippen molar-refractivity contribution in [2.45, 2.75) is 69.9 Å². The second-order valence-electron chi connectivity index (χ2n) is 11.3. The average Bonchev–Trinajstić information content (AvgIpc) is 3.56. The summed E-state index contributed by atoms with van der Waals surface area (Å²) in [6.45, 7) is 5.98. The molecule has 1 aromatic carbocycles. The smallest absolute Gasteiger partial charge is 0.263 e. The molecule has 11 heteroatoms. The van der Waals surface area contributed by atoms with Gasteiger partial charge in [-0.25, -0.2) is 13.4 Å². The molecule has 0 spiro atoms. The first-order valence-corrected chi connectivity index (χ1v) is 15.4. The van der Waals surface area contributed by atoms with Crippen molar-refractivity contribution in [2.75, 3.05) is 11.3 Å². The highest BCUT2D eigenvalue weighted by atomic mass is 32.2. The van der Waals surface area contributed by atoms with E-state index in [2.05, 4.69) is 17.0 Å². The molecule has 1 fully saturated rings. The number of fused-ring (bicyclic) bond motifs is 2. The number of sulfonamides is 1. The molecular formula is C28H35N3O6S2. The minimum atomic E-state index is -3.85. The van der Waals surface area contributed by atoms with Gasteiger partial charge in [-0.1, -0.05) is 31.5 Å². The van der Waals surface area contributed by atoms with Crippen molar-refractivity contribution in [3.8, 4) is 0 Å². The summed E-state index contributed by atoms with van der Waals surface area (Å²) in [6.07, 6.45) is 2.72. The van der Waals surface area contributed by atoms with E-state index < -0.39 is 27.0 Å². The molecule has 2 aliphatic rings. The van der Waals surface area contributed by atoms with E-state index in [1.165, 1.54) is 11.3 Å². The van der Waals surface area contributed by atoms with E-state index in [9.17, 15) is 23.4 Å². The van der Waals surface area contributed by atoms with Gasteiger partial charge in [-0.15, -0.1) is 11.3 Å². The van der Waals surface area contributed by atoms with Crippen molar-refractivity contribution in [2.24, 2.45) is 16.7 Å². The van der Waals surface area contributed by atoms with Crippen LogP contribution in [0, 0.1) is 23.7 Å². The number of rotatable bonds is 8. The average molecular weight is 574 g/mol. The molecule has 2 aromatic heterocycles. The number of nitrogens with zero attached hydrogens (tertiary/aromatic N) is 1. The lowest BCUT2D eigenvalue weighted by Crippen LogP contribution is -2.57. The van der Waals surface area contributed by atoms with Crippen LogP contribution in [0.25, 0.3) is 0 Å². The highest BCUT2D eigenvalue weighted by Gasteiger charge is 2.59. The van der Waals surface area contributed by atoms with Gasteiger partial charge in [-0.2, -0.15) is 0 Å². The second-order valence-corrected chi connectivity index (χ2v) is 14.1. The lowest BCUT2D eigenvalue weighted by atomic mass is 9.47. The maximum Gasteiger partial charge on any atom is 0.263 e. The number of aliphatic hydroxyl groups is 2. The Morgan fingerprint density at radius 3 is 2.64 bits per heavy atom. The summed E-state index contributed by atoms with van der Waals surface area (Å²) in [7, 11) is -3.85. The van der Waals surface area contributed by atoms with Gasteiger partial charge in [0.15, 0.2) is 5.13 Å². The van der Waals surface area contributed by atoms with E-state index >= 15 is 0 Å². The number of aryl methyl sites for hydroxylation is 1. The number of hydrogen-bond acceptors (Lipinski definition) is 8. The first-order valence-electron chi connectivity index (χ1n) is 13.1. The fraction of sp³-hybridized carbons (Fsp3) is 0.500. The molecule has 39 heavy (non-hydrogen) atoms. The third kappa shape index (κ3) is 5.13. The van der Waals surface area contributed by atoms with Gasteiger partial charge in [0.2, 0.25) is 5.91 Å². The summed E-state index contributed by atoms with van der Waals surface area (Å²) in [4.78, 5) is 19.0. The molecule has 3 aromatic rings. The largest absolute Gasteiger partial charge is 0.467 e. The molecule has 2 heterocycles. The number of benzene rings is 1. The molecule has 1 amide bonds. The Hall–Kier alpha value is -2.73. The topological polar surface area (TPSA) is 142 Å². The summed E-state index contributed by atoms with van der Waals surface area (Å²) in [5, 5.41) is 24.5. The number of aliphatic hydroxyl groups excluding tert-OH is 2. The lowest BCUT2D eigenvalue weighted by Gasteiger charge is -2.58. The van der Waals surface area contributed by atoms with Crippen molar-refractivity contribution in [3.63, 3.8) is 0 Å². The SMILES string of the molecule is Cc1ccc(S(=O)(=O)Nc2nc3c(s2)C[C@@H]2[C@](C)(CO)[C@H](O)CC[C@@]2(C)[C@@H]3CC(=O)NCc2ccco2)cc1. The predicted octanol–water partition coefficient (Wildman–Crippen LogP) is 3.97. The Morgan fingerprint density at radius 2 is 1.97 bits per heavy atom. The second kappa shape index (κ2) is 10.3. The molecule has 9 nitrogen and oxygen atoms in total. The van der Waals surface area contributed by atoms with Gasteiger partial charge in [-0.3, -0.25) is 9.52 Å². The van der Waals surface area contributed by atoms with Crippen molar-refractivity contribution < 1.29 is 27.8 Å².